The van der Waals surface area contributed by atoms with E-state index in [0.717, 1.165) is 6.42 Å². The molecule has 140 valence electrons. The lowest BCUT2D eigenvalue weighted by Crippen LogP contribution is -2.61. The van der Waals surface area contributed by atoms with Gasteiger partial charge in [0.15, 0.2) is 0 Å². The number of primary amides is 1. The third-order valence-electron chi connectivity index (χ3n) is 6.11. The van der Waals surface area contributed by atoms with Crippen LogP contribution < -0.4 is 11.1 Å². The number of carbonyl (C=O) groups is 2. The molecule has 2 aliphatic rings. The smallest absolute Gasteiger partial charge is 0.237 e. The Labute approximate surface area is 151 Å². The predicted molar refractivity (Wildman–Crippen MR) is 96.4 cm³/mol. The van der Waals surface area contributed by atoms with E-state index < -0.39 is 11.1 Å². The number of carbonyl (C=O) groups excluding carboxylic acids is 2. The van der Waals surface area contributed by atoms with Crippen LogP contribution in [-0.2, 0) is 9.59 Å². The van der Waals surface area contributed by atoms with Gasteiger partial charge < -0.3 is 11.1 Å². The molecule has 2 rings (SSSR count). The minimum absolute atomic E-state index is 0.0188. The number of rotatable bonds is 6. The molecule has 0 aromatic rings. The third kappa shape index (κ3) is 4.94. The molecule has 1 saturated carbocycles. The lowest BCUT2D eigenvalue weighted by molar-refractivity contribution is -0.130. The molecule has 0 unspecified atom stereocenters. The third-order valence-corrected chi connectivity index (χ3v) is 6.11. The summed E-state index contributed by atoms with van der Waals surface area (Å²) in [5.74, 6) is 0.277. The van der Waals surface area contributed by atoms with Gasteiger partial charge in [-0.05, 0) is 39.0 Å². The summed E-state index contributed by atoms with van der Waals surface area (Å²) in [6.45, 7) is 4.76. The first-order chi connectivity index (χ1) is 11.8. The van der Waals surface area contributed by atoms with E-state index >= 15 is 0 Å². The number of hydrogen-bond donors (Lipinski definition) is 2. The number of nitrogens with zero attached hydrogens (tertiary/aromatic N) is 2. The van der Waals surface area contributed by atoms with Crippen LogP contribution in [0.4, 0.5) is 0 Å². The average Bonchev–Trinajstić information content (AvgIpc) is 2.61. The van der Waals surface area contributed by atoms with Crippen molar-refractivity contribution in [3.63, 3.8) is 0 Å². The fraction of sp³-hybridized carbons (Fsp3) is 0.842. The van der Waals surface area contributed by atoms with Gasteiger partial charge in [0, 0.05) is 19.5 Å². The van der Waals surface area contributed by atoms with Crippen LogP contribution in [0.15, 0.2) is 0 Å². The summed E-state index contributed by atoms with van der Waals surface area (Å²) in [6, 6.07) is 2.31. The van der Waals surface area contributed by atoms with E-state index in [9.17, 15) is 14.9 Å². The van der Waals surface area contributed by atoms with E-state index in [1.807, 2.05) is 4.90 Å². The SMILES string of the molecule is CC(C)(C(N)=O)N1CCC(C#N)(NC(=O)CCC2CCCCC2)CC1. The second-order valence-electron chi connectivity index (χ2n) is 8.20. The van der Waals surface area contributed by atoms with Gasteiger partial charge in [-0.25, -0.2) is 0 Å². The van der Waals surface area contributed by atoms with Gasteiger partial charge in [0.05, 0.1) is 11.6 Å². The predicted octanol–water partition coefficient (Wildman–Crippen LogP) is 2.09. The van der Waals surface area contributed by atoms with Crippen LogP contribution in [0.5, 0.6) is 0 Å². The summed E-state index contributed by atoms with van der Waals surface area (Å²) >= 11 is 0. The van der Waals surface area contributed by atoms with Crippen LogP contribution in [0.25, 0.3) is 0 Å². The van der Waals surface area contributed by atoms with Crippen molar-refractivity contribution in [2.45, 2.75) is 82.7 Å². The standard InChI is InChI=1S/C19H32N4O2/c1-18(2,17(21)25)23-12-10-19(14-20,11-13-23)22-16(24)9-8-15-6-4-3-5-7-15/h15H,3-13H2,1-2H3,(H2,21,25)(H,22,24). The van der Waals surface area contributed by atoms with Crippen LogP contribution in [0.1, 0.15) is 71.6 Å². The average molecular weight is 348 g/mol. The first-order valence-corrected chi connectivity index (χ1v) is 9.56. The van der Waals surface area contributed by atoms with E-state index in [4.69, 9.17) is 5.73 Å². The Morgan fingerprint density at radius 1 is 1.24 bits per heavy atom. The van der Waals surface area contributed by atoms with Crippen molar-refractivity contribution in [2.75, 3.05) is 13.1 Å². The largest absolute Gasteiger partial charge is 0.368 e. The quantitative estimate of drug-likeness (QED) is 0.767. The minimum Gasteiger partial charge on any atom is -0.368 e. The fourth-order valence-electron chi connectivity index (χ4n) is 4.01. The Balaban J connectivity index is 1.84. The number of amides is 2. The zero-order chi connectivity index (χ0) is 18.5. The molecule has 3 N–H and O–H groups in total. The zero-order valence-corrected chi connectivity index (χ0v) is 15.6. The van der Waals surface area contributed by atoms with E-state index in [1.54, 1.807) is 13.8 Å². The van der Waals surface area contributed by atoms with Crippen molar-refractivity contribution in [3.05, 3.63) is 0 Å². The highest BCUT2D eigenvalue weighted by Crippen LogP contribution is 2.29. The molecule has 6 nitrogen and oxygen atoms in total. The van der Waals surface area contributed by atoms with Gasteiger partial charge in [-0.15, -0.1) is 0 Å². The molecule has 6 heteroatoms. The lowest BCUT2D eigenvalue weighted by Gasteiger charge is -2.43. The molecular weight excluding hydrogens is 316 g/mol. The molecule has 2 fully saturated rings. The molecule has 0 aromatic carbocycles. The molecule has 1 saturated heterocycles. The molecule has 0 atom stereocenters. The van der Waals surface area contributed by atoms with E-state index in [-0.39, 0.29) is 11.8 Å². The molecule has 1 aliphatic carbocycles. The normalized spacial score (nSPS) is 22.1. The van der Waals surface area contributed by atoms with Gasteiger partial charge in [-0.3, -0.25) is 14.5 Å². The van der Waals surface area contributed by atoms with Crippen LogP contribution in [0, 0.1) is 17.2 Å². The highest BCUT2D eigenvalue weighted by Gasteiger charge is 2.42. The lowest BCUT2D eigenvalue weighted by atomic mass is 9.84. The molecule has 1 heterocycles. The molecule has 0 bridgehead atoms. The summed E-state index contributed by atoms with van der Waals surface area (Å²) in [6.07, 6.45) is 8.81. The monoisotopic (exact) mass is 348 g/mol. The Bertz CT molecular complexity index is 524. The summed E-state index contributed by atoms with van der Waals surface area (Å²) in [4.78, 5) is 26.0. The number of hydrogen-bond acceptors (Lipinski definition) is 4. The number of nitrogens with one attached hydrogen (secondary N) is 1. The number of nitrogens with two attached hydrogens (primary N) is 1. The maximum Gasteiger partial charge on any atom is 0.237 e. The molecule has 2 amide bonds. The van der Waals surface area contributed by atoms with Gasteiger partial charge in [-0.1, -0.05) is 32.1 Å². The van der Waals surface area contributed by atoms with Crippen LogP contribution in [0.2, 0.25) is 0 Å². The molecule has 25 heavy (non-hydrogen) atoms. The van der Waals surface area contributed by atoms with Gasteiger partial charge in [-0.2, -0.15) is 5.26 Å². The van der Waals surface area contributed by atoms with Crippen molar-refractivity contribution >= 4 is 11.8 Å². The summed E-state index contributed by atoms with van der Waals surface area (Å²) in [5, 5.41) is 12.6. The summed E-state index contributed by atoms with van der Waals surface area (Å²) in [7, 11) is 0. The first kappa shape index (κ1) is 19.7. The molecule has 0 aromatic heterocycles. The second-order valence-corrected chi connectivity index (χ2v) is 8.20. The maximum absolute atomic E-state index is 12.4. The highest BCUT2D eigenvalue weighted by atomic mass is 16.2. The molecule has 0 radical (unpaired) electrons. The van der Waals surface area contributed by atoms with E-state index in [0.29, 0.717) is 38.3 Å². The maximum atomic E-state index is 12.4. The zero-order valence-electron chi connectivity index (χ0n) is 15.6. The van der Waals surface area contributed by atoms with Gasteiger partial charge in [0.1, 0.15) is 5.54 Å². The Morgan fingerprint density at radius 2 is 1.84 bits per heavy atom. The minimum atomic E-state index is -0.812. The second kappa shape index (κ2) is 8.18. The topological polar surface area (TPSA) is 99.2 Å². The molecule has 0 spiro atoms. The Hall–Kier alpha value is -1.61. The molecule has 1 aliphatic heterocycles. The van der Waals surface area contributed by atoms with Crippen molar-refractivity contribution in [1.29, 1.82) is 5.26 Å². The van der Waals surface area contributed by atoms with Crippen molar-refractivity contribution in [1.82, 2.24) is 10.2 Å². The van der Waals surface area contributed by atoms with Gasteiger partial charge in [0.2, 0.25) is 11.8 Å². The summed E-state index contributed by atoms with van der Waals surface area (Å²) < 4.78 is 0. The Kier molecular flexibility index (Phi) is 6.45. The number of piperidine rings is 1. The van der Waals surface area contributed by atoms with Crippen LogP contribution in [-0.4, -0.2) is 40.9 Å². The van der Waals surface area contributed by atoms with Crippen LogP contribution >= 0.6 is 0 Å². The number of likely N-dealkylation sites (tertiary alicyclic amines) is 1. The van der Waals surface area contributed by atoms with Crippen LogP contribution in [0.3, 0.4) is 0 Å². The molecular formula is C19H32N4O2. The van der Waals surface area contributed by atoms with E-state index in [1.165, 1.54) is 32.1 Å². The van der Waals surface area contributed by atoms with Crippen molar-refractivity contribution in [3.8, 4) is 6.07 Å². The first-order valence-electron chi connectivity index (χ1n) is 9.56. The highest BCUT2D eigenvalue weighted by molar-refractivity contribution is 5.83. The van der Waals surface area contributed by atoms with Crippen molar-refractivity contribution in [2.24, 2.45) is 11.7 Å². The fourth-order valence-corrected chi connectivity index (χ4v) is 4.01. The van der Waals surface area contributed by atoms with Gasteiger partial charge in [0.25, 0.3) is 0 Å². The van der Waals surface area contributed by atoms with E-state index in [2.05, 4.69) is 11.4 Å². The van der Waals surface area contributed by atoms with Gasteiger partial charge >= 0.3 is 0 Å². The Morgan fingerprint density at radius 3 is 2.36 bits per heavy atom. The van der Waals surface area contributed by atoms with Crippen molar-refractivity contribution < 1.29 is 9.59 Å². The number of nitriles is 1. The summed E-state index contributed by atoms with van der Waals surface area (Å²) in [5.41, 5.74) is 3.94.